The topological polar surface area (TPSA) is 55.4 Å². The molecule has 2 fully saturated rings. The van der Waals surface area contributed by atoms with Gasteiger partial charge in [0.2, 0.25) is 0 Å². The summed E-state index contributed by atoms with van der Waals surface area (Å²) >= 11 is 3.94. The molecule has 0 bridgehead atoms. The van der Waals surface area contributed by atoms with Crippen molar-refractivity contribution in [1.29, 1.82) is 0 Å². The fourth-order valence-electron chi connectivity index (χ4n) is 3.53. The molecule has 4 atom stereocenters. The number of rotatable bonds is 11. The van der Waals surface area contributed by atoms with Crippen LogP contribution in [0.15, 0.2) is 0 Å². The number of ether oxygens (including phenoxy) is 6. The maximum Gasteiger partial charge on any atom is 0.146 e. The van der Waals surface area contributed by atoms with Gasteiger partial charge in [0.05, 0.1) is 18.3 Å². The molecule has 2 heterocycles. The molecule has 0 saturated carbocycles. The lowest BCUT2D eigenvalue weighted by molar-refractivity contribution is -0.175. The highest BCUT2D eigenvalue weighted by Gasteiger charge is 2.42. The van der Waals surface area contributed by atoms with Gasteiger partial charge in [0.1, 0.15) is 20.4 Å². The molecule has 2 saturated heterocycles. The molecule has 0 unspecified atom stereocenters. The monoisotopic (exact) mass is 396 g/mol. The van der Waals surface area contributed by atoms with E-state index >= 15 is 0 Å². The molecular formula is C17H32O6S2. The summed E-state index contributed by atoms with van der Waals surface area (Å²) in [5.41, 5.74) is 0. The van der Waals surface area contributed by atoms with E-state index in [9.17, 15) is 0 Å². The van der Waals surface area contributed by atoms with Crippen LogP contribution in [0.1, 0.15) is 12.8 Å². The quantitative estimate of drug-likeness (QED) is 0.494. The first-order valence-corrected chi connectivity index (χ1v) is 11.1. The van der Waals surface area contributed by atoms with Gasteiger partial charge < -0.3 is 28.4 Å². The van der Waals surface area contributed by atoms with E-state index in [1.54, 1.807) is 21.3 Å². The molecule has 0 aliphatic carbocycles. The number of methoxy groups -OCH3 is 3. The van der Waals surface area contributed by atoms with Gasteiger partial charge in [0, 0.05) is 44.7 Å². The van der Waals surface area contributed by atoms with Crippen molar-refractivity contribution in [2.24, 2.45) is 11.8 Å². The lowest BCUT2D eigenvalue weighted by atomic mass is 9.83. The van der Waals surface area contributed by atoms with Gasteiger partial charge in [0.25, 0.3) is 0 Å². The maximum atomic E-state index is 6.20. The van der Waals surface area contributed by atoms with Crippen LogP contribution < -0.4 is 0 Å². The molecule has 8 heteroatoms. The normalized spacial score (nSPS) is 30.7. The third-order valence-corrected chi connectivity index (χ3v) is 6.98. The third kappa shape index (κ3) is 6.84. The Balaban J connectivity index is 2.10. The highest BCUT2D eigenvalue weighted by atomic mass is 32.2. The van der Waals surface area contributed by atoms with Crippen LogP contribution in [0.5, 0.6) is 0 Å². The first kappa shape index (κ1) is 21.8. The summed E-state index contributed by atoms with van der Waals surface area (Å²) in [5.74, 6) is 4.90. The van der Waals surface area contributed by atoms with Crippen molar-refractivity contribution in [1.82, 2.24) is 0 Å². The second kappa shape index (κ2) is 12.8. The highest BCUT2D eigenvalue weighted by molar-refractivity contribution is 7.99. The van der Waals surface area contributed by atoms with Gasteiger partial charge >= 0.3 is 0 Å². The average molecular weight is 397 g/mol. The molecule has 0 amide bonds. The summed E-state index contributed by atoms with van der Waals surface area (Å²) in [6.45, 7) is 0.943. The predicted molar refractivity (Wildman–Crippen MR) is 101 cm³/mol. The zero-order valence-corrected chi connectivity index (χ0v) is 17.1. The number of hydrogen-bond donors (Lipinski definition) is 0. The van der Waals surface area contributed by atoms with Gasteiger partial charge in [-0.25, -0.2) is 0 Å². The molecule has 0 aromatic heterocycles. The second-order valence-electron chi connectivity index (χ2n) is 6.32. The molecular weight excluding hydrogens is 364 g/mol. The number of thioether (sulfide) groups is 2. The molecule has 148 valence electrons. The Labute approximate surface area is 159 Å². The summed E-state index contributed by atoms with van der Waals surface area (Å²) < 4.78 is 33.7. The van der Waals surface area contributed by atoms with E-state index in [2.05, 4.69) is 0 Å². The summed E-state index contributed by atoms with van der Waals surface area (Å²) in [4.78, 5) is 0. The predicted octanol–water partition coefficient (Wildman–Crippen LogP) is 2.46. The highest BCUT2D eigenvalue weighted by Crippen LogP contribution is 2.38. The minimum atomic E-state index is 0.0456. The van der Waals surface area contributed by atoms with Crippen LogP contribution in [-0.4, -0.2) is 83.0 Å². The van der Waals surface area contributed by atoms with Crippen molar-refractivity contribution in [2.45, 2.75) is 31.2 Å². The van der Waals surface area contributed by atoms with Crippen LogP contribution in [0.4, 0.5) is 0 Å². The molecule has 2 rings (SSSR count). The van der Waals surface area contributed by atoms with Crippen LogP contribution in [0, 0.1) is 11.8 Å². The van der Waals surface area contributed by atoms with Crippen molar-refractivity contribution in [3.8, 4) is 0 Å². The Bertz CT molecular complexity index is 321. The van der Waals surface area contributed by atoms with Gasteiger partial charge in [-0.3, -0.25) is 0 Å². The molecule has 0 spiro atoms. The van der Waals surface area contributed by atoms with Gasteiger partial charge in [0.15, 0.2) is 0 Å². The Kier molecular flexibility index (Phi) is 11.1. The van der Waals surface area contributed by atoms with Gasteiger partial charge in [-0.1, -0.05) is 0 Å². The molecule has 6 nitrogen and oxygen atoms in total. The number of hydrogen-bond acceptors (Lipinski definition) is 8. The summed E-state index contributed by atoms with van der Waals surface area (Å²) in [5, 5.41) is 0. The first-order valence-electron chi connectivity index (χ1n) is 8.78. The summed E-state index contributed by atoms with van der Waals surface area (Å²) in [7, 11) is 5.00. The van der Waals surface area contributed by atoms with Crippen LogP contribution in [0.25, 0.3) is 0 Å². The van der Waals surface area contributed by atoms with Gasteiger partial charge in [-0.05, 0) is 24.3 Å². The molecule has 2 aliphatic rings. The minimum absolute atomic E-state index is 0.0456. The van der Waals surface area contributed by atoms with Crippen LogP contribution in [-0.2, 0) is 28.4 Å². The first-order chi connectivity index (χ1) is 12.3. The van der Waals surface area contributed by atoms with E-state index in [0.29, 0.717) is 32.2 Å². The Morgan fingerprint density at radius 3 is 1.68 bits per heavy atom. The van der Waals surface area contributed by atoms with Crippen molar-refractivity contribution in [2.75, 3.05) is 64.7 Å². The largest absolute Gasteiger partial charge is 0.359 e. The van der Waals surface area contributed by atoms with Crippen LogP contribution in [0.2, 0.25) is 0 Å². The van der Waals surface area contributed by atoms with Crippen molar-refractivity contribution >= 4 is 23.5 Å². The molecule has 25 heavy (non-hydrogen) atoms. The molecule has 0 N–H and O–H groups in total. The zero-order chi connectivity index (χ0) is 17.9. The lowest BCUT2D eigenvalue weighted by Crippen LogP contribution is -2.50. The SMILES string of the molecule is COCOC([C@H]1CSCC[C@@H]1OCOC)[C@H]1CSCC[C@@H]1OCOC. The standard InChI is InChI=1S/C17H32O6S2/c1-18-10-21-15-4-6-24-8-13(15)17(23-12-20-3)14-9-25-7-5-16(14)22-11-19-2/h13-17H,4-12H2,1-3H3/t13-,14-,15-,16-/m0/s1. The van der Waals surface area contributed by atoms with E-state index in [1.807, 2.05) is 23.5 Å². The Morgan fingerprint density at radius 1 is 0.760 bits per heavy atom. The Hall–Kier alpha value is 0.460. The fourth-order valence-corrected chi connectivity index (χ4v) is 6.01. The van der Waals surface area contributed by atoms with Crippen LogP contribution in [0.3, 0.4) is 0 Å². The lowest BCUT2D eigenvalue weighted by Gasteiger charge is -2.43. The maximum absolute atomic E-state index is 6.20. The molecule has 2 aliphatic heterocycles. The summed E-state index contributed by atoms with van der Waals surface area (Å²) in [6, 6.07) is 0. The van der Waals surface area contributed by atoms with E-state index < -0.39 is 0 Å². The smallest absolute Gasteiger partial charge is 0.146 e. The zero-order valence-electron chi connectivity index (χ0n) is 15.5. The molecule has 0 aromatic rings. The summed E-state index contributed by atoms with van der Waals surface area (Å²) in [6.07, 6.45) is 2.39. The van der Waals surface area contributed by atoms with Crippen LogP contribution >= 0.6 is 23.5 Å². The van der Waals surface area contributed by atoms with Gasteiger partial charge in [-0.15, -0.1) is 0 Å². The van der Waals surface area contributed by atoms with E-state index in [1.165, 1.54) is 0 Å². The second-order valence-corrected chi connectivity index (χ2v) is 8.62. The third-order valence-electron chi connectivity index (χ3n) is 4.69. The molecule has 0 aromatic carbocycles. The van der Waals surface area contributed by atoms with Crippen molar-refractivity contribution < 1.29 is 28.4 Å². The van der Waals surface area contributed by atoms with E-state index in [-0.39, 0.29) is 18.3 Å². The van der Waals surface area contributed by atoms with Gasteiger partial charge in [-0.2, -0.15) is 23.5 Å². The minimum Gasteiger partial charge on any atom is -0.359 e. The molecule has 0 radical (unpaired) electrons. The van der Waals surface area contributed by atoms with Crippen molar-refractivity contribution in [3.63, 3.8) is 0 Å². The van der Waals surface area contributed by atoms with E-state index in [4.69, 9.17) is 28.4 Å². The fraction of sp³-hybridized carbons (Fsp3) is 1.00. The Morgan fingerprint density at radius 2 is 1.24 bits per heavy atom. The van der Waals surface area contributed by atoms with Crippen molar-refractivity contribution in [3.05, 3.63) is 0 Å². The average Bonchev–Trinajstić information content (AvgIpc) is 2.66. The van der Waals surface area contributed by atoms with E-state index in [0.717, 1.165) is 35.9 Å².